The first kappa shape index (κ1) is 16.2. The zero-order chi connectivity index (χ0) is 16.1. The zero-order valence-corrected chi connectivity index (χ0v) is 13.1. The van der Waals surface area contributed by atoms with E-state index >= 15 is 0 Å². The van der Waals surface area contributed by atoms with Gasteiger partial charge in [-0.3, -0.25) is 4.79 Å². The predicted octanol–water partition coefficient (Wildman–Crippen LogP) is 3.33. The van der Waals surface area contributed by atoms with E-state index in [-0.39, 0.29) is 23.3 Å². The van der Waals surface area contributed by atoms with Crippen LogP contribution in [0.25, 0.3) is 0 Å². The van der Waals surface area contributed by atoms with Crippen molar-refractivity contribution in [2.24, 2.45) is 0 Å². The van der Waals surface area contributed by atoms with Gasteiger partial charge < -0.3 is 15.2 Å². The Morgan fingerprint density at radius 2 is 2.00 bits per heavy atom. The second-order valence-corrected chi connectivity index (χ2v) is 5.76. The van der Waals surface area contributed by atoms with Crippen LogP contribution < -0.4 is 5.32 Å². The SMILES string of the molecule is COC(C)c1ccc(NC(=O)Cc2csc(C(=O)O)c2)cc1. The molecule has 1 heterocycles. The Morgan fingerprint density at radius 3 is 2.55 bits per heavy atom. The number of rotatable bonds is 6. The fourth-order valence-corrected chi connectivity index (χ4v) is 2.69. The van der Waals surface area contributed by atoms with E-state index in [2.05, 4.69) is 5.32 Å². The Hall–Kier alpha value is -2.18. The van der Waals surface area contributed by atoms with Crippen molar-refractivity contribution in [2.45, 2.75) is 19.4 Å². The van der Waals surface area contributed by atoms with Crippen molar-refractivity contribution in [1.29, 1.82) is 0 Å². The molecule has 1 amide bonds. The van der Waals surface area contributed by atoms with Gasteiger partial charge in [0.15, 0.2) is 0 Å². The fourth-order valence-electron chi connectivity index (χ4n) is 1.94. The van der Waals surface area contributed by atoms with Crippen molar-refractivity contribution in [3.05, 3.63) is 51.7 Å². The van der Waals surface area contributed by atoms with E-state index in [1.807, 2.05) is 31.2 Å². The summed E-state index contributed by atoms with van der Waals surface area (Å²) in [6.07, 6.45) is 0.157. The predicted molar refractivity (Wildman–Crippen MR) is 85.5 cm³/mol. The van der Waals surface area contributed by atoms with Crippen LogP contribution >= 0.6 is 11.3 Å². The van der Waals surface area contributed by atoms with Crippen LogP contribution in [0.2, 0.25) is 0 Å². The number of amides is 1. The van der Waals surface area contributed by atoms with E-state index in [4.69, 9.17) is 9.84 Å². The van der Waals surface area contributed by atoms with Crippen molar-refractivity contribution in [3.63, 3.8) is 0 Å². The number of anilines is 1. The van der Waals surface area contributed by atoms with Gasteiger partial charge in [0, 0.05) is 12.8 Å². The highest BCUT2D eigenvalue weighted by Gasteiger charge is 2.10. The highest BCUT2D eigenvalue weighted by atomic mass is 32.1. The minimum atomic E-state index is -0.973. The molecular weight excluding hydrogens is 302 g/mol. The maximum Gasteiger partial charge on any atom is 0.345 e. The largest absolute Gasteiger partial charge is 0.477 e. The Balaban J connectivity index is 1.95. The monoisotopic (exact) mass is 319 g/mol. The lowest BCUT2D eigenvalue weighted by atomic mass is 10.1. The summed E-state index contributed by atoms with van der Waals surface area (Å²) in [5, 5.41) is 13.3. The highest BCUT2D eigenvalue weighted by molar-refractivity contribution is 7.12. The summed E-state index contributed by atoms with van der Waals surface area (Å²) in [6.45, 7) is 1.95. The first-order chi connectivity index (χ1) is 10.5. The van der Waals surface area contributed by atoms with Crippen LogP contribution in [0.15, 0.2) is 35.7 Å². The molecule has 1 aromatic carbocycles. The van der Waals surface area contributed by atoms with E-state index in [9.17, 15) is 9.59 Å². The molecule has 1 unspecified atom stereocenters. The second kappa shape index (κ2) is 7.20. The summed E-state index contributed by atoms with van der Waals surface area (Å²) in [4.78, 5) is 23.0. The highest BCUT2D eigenvalue weighted by Crippen LogP contribution is 2.19. The van der Waals surface area contributed by atoms with Gasteiger partial charge >= 0.3 is 5.97 Å². The Labute approximate surface area is 132 Å². The summed E-state index contributed by atoms with van der Waals surface area (Å²) in [6, 6.07) is 8.96. The molecule has 0 aliphatic carbocycles. The van der Waals surface area contributed by atoms with E-state index in [1.54, 1.807) is 12.5 Å². The standard InChI is InChI=1S/C16H17NO4S/c1-10(21-2)12-3-5-13(6-4-12)17-15(18)8-11-7-14(16(19)20)22-9-11/h3-7,9-10H,8H2,1-2H3,(H,17,18)(H,19,20). The lowest BCUT2D eigenvalue weighted by molar-refractivity contribution is -0.115. The Morgan fingerprint density at radius 1 is 1.32 bits per heavy atom. The van der Waals surface area contributed by atoms with Crippen LogP contribution in [0, 0.1) is 0 Å². The first-order valence-electron chi connectivity index (χ1n) is 6.73. The molecule has 1 aromatic heterocycles. The lowest BCUT2D eigenvalue weighted by Gasteiger charge is -2.11. The number of carboxylic acid groups (broad SMARTS) is 1. The molecule has 22 heavy (non-hydrogen) atoms. The molecule has 2 aromatic rings. The summed E-state index contributed by atoms with van der Waals surface area (Å²) in [7, 11) is 1.65. The van der Waals surface area contributed by atoms with Crippen molar-refractivity contribution in [3.8, 4) is 0 Å². The molecule has 2 N–H and O–H groups in total. The third kappa shape index (κ3) is 4.16. The quantitative estimate of drug-likeness (QED) is 0.856. The van der Waals surface area contributed by atoms with E-state index in [0.717, 1.165) is 16.9 Å². The number of ether oxygens (including phenoxy) is 1. The molecule has 0 saturated heterocycles. The Bertz CT molecular complexity index is 663. The van der Waals surface area contributed by atoms with Crippen molar-refractivity contribution in [2.75, 3.05) is 12.4 Å². The van der Waals surface area contributed by atoms with E-state index in [0.29, 0.717) is 11.3 Å². The van der Waals surface area contributed by atoms with Crippen LogP contribution in [0.3, 0.4) is 0 Å². The van der Waals surface area contributed by atoms with Gasteiger partial charge in [-0.15, -0.1) is 11.3 Å². The maximum atomic E-state index is 12.0. The molecule has 6 heteroatoms. The van der Waals surface area contributed by atoms with Gasteiger partial charge in [0.25, 0.3) is 0 Å². The van der Waals surface area contributed by atoms with Gasteiger partial charge in [-0.2, -0.15) is 0 Å². The second-order valence-electron chi connectivity index (χ2n) is 4.85. The lowest BCUT2D eigenvalue weighted by Crippen LogP contribution is -2.14. The zero-order valence-electron chi connectivity index (χ0n) is 12.3. The third-order valence-corrected chi connectivity index (χ3v) is 4.21. The van der Waals surface area contributed by atoms with Gasteiger partial charge in [-0.05, 0) is 41.6 Å². The molecule has 0 saturated carbocycles. The molecule has 0 spiro atoms. The average molecular weight is 319 g/mol. The van der Waals surface area contributed by atoms with E-state index in [1.165, 1.54) is 6.07 Å². The summed E-state index contributed by atoms with van der Waals surface area (Å²) in [5.74, 6) is -1.15. The van der Waals surface area contributed by atoms with Gasteiger partial charge in [-0.1, -0.05) is 12.1 Å². The van der Waals surface area contributed by atoms with Gasteiger partial charge in [0.1, 0.15) is 4.88 Å². The van der Waals surface area contributed by atoms with Crippen molar-refractivity contribution in [1.82, 2.24) is 0 Å². The van der Waals surface area contributed by atoms with Crippen LogP contribution in [-0.4, -0.2) is 24.1 Å². The smallest absolute Gasteiger partial charge is 0.345 e. The fraction of sp³-hybridized carbons (Fsp3) is 0.250. The number of carbonyl (C=O) groups is 2. The summed E-state index contributed by atoms with van der Waals surface area (Å²) >= 11 is 1.12. The normalized spacial score (nSPS) is 11.9. The molecule has 116 valence electrons. The van der Waals surface area contributed by atoms with Gasteiger partial charge in [0.2, 0.25) is 5.91 Å². The van der Waals surface area contributed by atoms with Crippen molar-refractivity contribution >= 4 is 28.9 Å². The third-order valence-electron chi connectivity index (χ3n) is 3.25. The molecule has 0 aliphatic rings. The number of carboxylic acids is 1. The average Bonchev–Trinajstić information content (AvgIpc) is 2.95. The molecule has 1 atom stereocenters. The number of benzene rings is 1. The van der Waals surface area contributed by atoms with Gasteiger partial charge in [0.05, 0.1) is 12.5 Å². The maximum absolute atomic E-state index is 12.0. The first-order valence-corrected chi connectivity index (χ1v) is 7.61. The van der Waals surface area contributed by atoms with E-state index < -0.39 is 5.97 Å². The molecule has 5 nitrogen and oxygen atoms in total. The number of hydrogen-bond donors (Lipinski definition) is 2. The van der Waals surface area contributed by atoms with Gasteiger partial charge in [-0.25, -0.2) is 4.79 Å². The summed E-state index contributed by atoms with van der Waals surface area (Å²) < 4.78 is 5.22. The number of methoxy groups -OCH3 is 1. The van der Waals surface area contributed by atoms with Crippen LogP contribution in [0.5, 0.6) is 0 Å². The molecule has 0 fully saturated rings. The topological polar surface area (TPSA) is 75.6 Å². The Kier molecular flexibility index (Phi) is 5.30. The van der Waals surface area contributed by atoms with Crippen LogP contribution in [0.4, 0.5) is 5.69 Å². The number of nitrogens with one attached hydrogen (secondary N) is 1. The molecule has 0 aliphatic heterocycles. The molecule has 0 radical (unpaired) electrons. The molecular formula is C16H17NO4S. The van der Waals surface area contributed by atoms with Crippen LogP contribution in [-0.2, 0) is 16.0 Å². The molecule has 0 bridgehead atoms. The minimum Gasteiger partial charge on any atom is -0.477 e. The number of hydrogen-bond acceptors (Lipinski definition) is 4. The number of aromatic carboxylic acids is 1. The summed E-state index contributed by atoms with van der Waals surface area (Å²) in [5.41, 5.74) is 2.43. The minimum absolute atomic E-state index is 0.00463. The van der Waals surface area contributed by atoms with Crippen molar-refractivity contribution < 1.29 is 19.4 Å². The van der Waals surface area contributed by atoms with Crippen LogP contribution in [0.1, 0.15) is 33.8 Å². The molecule has 2 rings (SSSR count). The number of thiophene rings is 1. The number of carbonyl (C=O) groups excluding carboxylic acids is 1.